The molecule has 1 N–H and O–H groups in total. The summed E-state index contributed by atoms with van der Waals surface area (Å²) in [4.78, 5) is 42.1. The number of hydrogen-bond donors (Lipinski definition) is 1. The predicted octanol–water partition coefficient (Wildman–Crippen LogP) is 4.59. The molecule has 2 unspecified atom stereocenters. The highest BCUT2D eigenvalue weighted by molar-refractivity contribution is 6.35. The minimum atomic E-state index is -1.37. The zero-order valence-electron chi connectivity index (χ0n) is 18.0. The van der Waals surface area contributed by atoms with Crippen LogP contribution in [-0.2, 0) is 21.7 Å². The number of benzene rings is 2. The molecule has 0 aromatic heterocycles. The summed E-state index contributed by atoms with van der Waals surface area (Å²) in [5, 5.41) is 3.40. The predicted molar refractivity (Wildman–Crippen MR) is 123 cm³/mol. The van der Waals surface area contributed by atoms with E-state index in [0.29, 0.717) is 23.0 Å². The van der Waals surface area contributed by atoms with E-state index >= 15 is 0 Å². The van der Waals surface area contributed by atoms with Crippen LogP contribution >= 0.6 is 23.2 Å². The second-order valence-corrected chi connectivity index (χ2v) is 9.50. The molecule has 1 saturated carbocycles. The largest absolute Gasteiger partial charge is 0.334 e. The Morgan fingerprint density at radius 1 is 1.19 bits per heavy atom. The maximum atomic E-state index is 13.3. The zero-order valence-corrected chi connectivity index (χ0v) is 19.5. The first kappa shape index (κ1) is 22.6. The second-order valence-electron chi connectivity index (χ2n) is 8.66. The van der Waals surface area contributed by atoms with E-state index in [1.807, 2.05) is 37.3 Å². The molecule has 1 aliphatic heterocycles. The number of halogens is 2. The Morgan fingerprint density at radius 2 is 1.88 bits per heavy atom. The quantitative estimate of drug-likeness (QED) is 0.597. The number of rotatable bonds is 7. The summed E-state index contributed by atoms with van der Waals surface area (Å²) in [5.74, 6) is -0.328. The normalized spacial score (nSPS) is 21.4. The van der Waals surface area contributed by atoms with Crippen LogP contribution in [-0.4, -0.2) is 40.2 Å². The minimum Gasteiger partial charge on any atom is -0.334 e. The summed E-state index contributed by atoms with van der Waals surface area (Å²) in [6.07, 6.45) is 2.16. The molecule has 1 saturated heterocycles. The third-order valence-corrected chi connectivity index (χ3v) is 6.90. The zero-order chi connectivity index (χ0) is 23.0. The second kappa shape index (κ2) is 8.75. The molecule has 6 nitrogen and oxygen atoms in total. The maximum Gasteiger partial charge on any atom is 0.325 e. The van der Waals surface area contributed by atoms with E-state index in [1.54, 1.807) is 24.0 Å². The van der Waals surface area contributed by atoms with Gasteiger partial charge in [0.1, 0.15) is 12.1 Å². The molecular weight excluding hydrogens is 449 g/mol. The van der Waals surface area contributed by atoms with Crippen LogP contribution in [0.25, 0.3) is 0 Å². The molecule has 32 heavy (non-hydrogen) atoms. The Morgan fingerprint density at radius 3 is 2.50 bits per heavy atom. The summed E-state index contributed by atoms with van der Waals surface area (Å²) in [6, 6.07) is 13.9. The lowest BCUT2D eigenvalue weighted by Gasteiger charge is -2.31. The number of imide groups is 1. The molecule has 8 heteroatoms. The number of carbonyl (C=O) groups excluding carboxylic acids is 3. The van der Waals surface area contributed by atoms with Gasteiger partial charge in [-0.1, -0.05) is 59.6 Å². The number of carbonyl (C=O) groups is 3. The van der Waals surface area contributed by atoms with Crippen LogP contribution in [0.15, 0.2) is 48.5 Å². The molecule has 2 aliphatic rings. The lowest BCUT2D eigenvalue weighted by atomic mass is 9.92. The van der Waals surface area contributed by atoms with E-state index in [-0.39, 0.29) is 23.5 Å². The summed E-state index contributed by atoms with van der Waals surface area (Å²) in [7, 11) is 0. The van der Waals surface area contributed by atoms with Gasteiger partial charge in [0.15, 0.2) is 0 Å². The SMILES string of the molecule is CC(C1CC1)N(Cc1ccccc1)C(=O)CN1C(=O)NC(C)(c2ccc(Cl)cc2Cl)C1=O. The highest BCUT2D eigenvalue weighted by Crippen LogP contribution is 2.37. The monoisotopic (exact) mass is 473 g/mol. The highest BCUT2D eigenvalue weighted by atomic mass is 35.5. The molecular formula is C24H25Cl2N3O3. The van der Waals surface area contributed by atoms with Crippen LogP contribution in [0.4, 0.5) is 4.79 Å². The van der Waals surface area contributed by atoms with E-state index < -0.39 is 17.5 Å². The topological polar surface area (TPSA) is 69.7 Å². The number of nitrogens with one attached hydrogen (secondary N) is 1. The van der Waals surface area contributed by atoms with E-state index in [9.17, 15) is 14.4 Å². The van der Waals surface area contributed by atoms with Gasteiger partial charge in [0.2, 0.25) is 5.91 Å². The van der Waals surface area contributed by atoms with E-state index in [0.717, 1.165) is 23.3 Å². The minimum absolute atomic E-state index is 0.0283. The summed E-state index contributed by atoms with van der Waals surface area (Å²) < 4.78 is 0. The summed E-state index contributed by atoms with van der Waals surface area (Å²) in [6.45, 7) is 3.72. The van der Waals surface area contributed by atoms with Crippen molar-refractivity contribution in [2.75, 3.05) is 6.54 Å². The van der Waals surface area contributed by atoms with Gasteiger partial charge in [-0.3, -0.25) is 14.5 Å². The highest BCUT2D eigenvalue weighted by Gasteiger charge is 2.51. The van der Waals surface area contributed by atoms with Crippen LogP contribution in [0, 0.1) is 5.92 Å². The van der Waals surface area contributed by atoms with Crippen molar-refractivity contribution in [1.82, 2.24) is 15.1 Å². The van der Waals surface area contributed by atoms with Crippen LogP contribution in [0.3, 0.4) is 0 Å². The van der Waals surface area contributed by atoms with Crippen molar-refractivity contribution in [3.8, 4) is 0 Å². The van der Waals surface area contributed by atoms with Crippen molar-refractivity contribution in [2.45, 2.75) is 44.8 Å². The molecule has 2 atom stereocenters. The third-order valence-electron chi connectivity index (χ3n) is 6.35. The fourth-order valence-electron chi connectivity index (χ4n) is 4.22. The van der Waals surface area contributed by atoms with Gasteiger partial charge in [-0.15, -0.1) is 0 Å². The van der Waals surface area contributed by atoms with Crippen LogP contribution in [0.1, 0.15) is 37.8 Å². The third kappa shape index (κ3) is 4.34. The van der Waals surface area contributed by atoms with Gasteiger partial charge in [-0.05, 0) is 50.3 Å². The fraction of sp³-hybridized carbons (Fsp3) is 0.375. The number of hydrogen-bond acceptors (Lipinski definition) is 3. The van der Waals surface area contributed by atoms with E-state index in [4.69, 9.17) is 23.2 Å². The van der Waals surface area contributed by atoms with Crippen molar-refractivity contribution < 1.29 is 14.4 Å². The Labute approximate surface area is 197 Å². The molecule has 0 radical (unpaired) electrons. The number of nitrogens with zero attached hydrogens (tertiary/aromatic N) is 2. The summed E-state index contributed by atoms with van der Waals surface area (Å²) >= 11 is 12.3. The average Bonchev–Trinajstić information content (AvgIpc) is 3.57. The van der Waals surface area contributed by atoms with Crippen LogP contribution in [0.2, 0.25) is 10.0 Å². The summed E-state index contributed by atoms with van der Waals surface area (Å²) in [5.41, 5.74) is 0.0680. The number of urea groups is 1. The first-order valence-electron chi connectivity index (χ1n) is 10.6. The van der Waals surface area contributed by atoms with Gasteiger partial charge < -0.3 is 10.2 Å². The van der Waals surface area contributed by atoms with Gasteiger partial charge >= 0.3 is 6.03 Å². The first-order valence-corrected chi connectivity index (χ1v) is 11.4. The van der Waals surface area contributed by atoms with Crippen LogP contribution < -0.4 is 5.32 Å². The molecule has 0 spiro atoms. The van der Waals surface area contributed by atoms with E-state index in [2.05, 4.69) is 5.32 Å². The van der Waals surface area contributed by atoms with Crippen molar-refractivity contribution in [3.63, 3.8) is 0 Å². The van der Waals surface area contributed by atoms with Gasteiger partial charge in [0.25, 0.3) is 5.91 Å². The Bertz CT molecular complexity index is 1060. The molecule has 2 aromatic carbocycles. The van der Waals surface area contributed by atoms with Gasteiger partial charge in [0, 0.05) is 28.2 Å². The first-order chi connectivity index (χ1) is 15.2. The lowest BCUT2D eigenvalue weighted by molar-refractivity contribution is -0.140. The molecule has 2 aromatic rings. The van der Waals surface area contributed by atoms with Gasteiger partial charge in [-0.2, -0.15) is 0 Å². The van der Waals surface area contributed by atoms with Crippen LogP contribution in [0.5, 0.6) is 0 Å². The molecule has 168 valence electrons. The Kier molecular flexibility index (Phi) is 6.19. The maximum absolute atomic E-state index is 13.3. The average molecular weight is 474 g/mol. The molecule has 1 aliphatic carbocycles. The molecule has 4 rings (SSSR count). The standard InChI is InChI=1S/C24H25Cl2N3O3/c1-15(17-8-9-17)28(13-16-6-4-3-5-7-16)21(30)14-29-22(31)24(2,27-23(29)32)19-11-10-18(25)12-20(19)26/h3-7,10-12,15,17H,8-9,13-14H2,1-2H3,(H,27,32). The Balaban J connectivity index is 1.55. The molecule has 0 bridgehead atoms. The van der Waals surface area contributed by atoms with E-state index in [1.165, 1.54) is 6.07 Å². The molecule has 1 heterocycles. The lowest BCUT2D eigenvalue weighted by Crippen LogP contribution is -2.47. The number of amides is 4. The van der Waals surface area contributed by atoms with Gasteiger partial charge in [-0.25, -0.2) is 4.79 Å². The van der Waals surface area contributed by atoms with Gasteiger partial charge in [0.05, 0.1) is 0 Å². The van der Waals surface area contributed by atoms with Crippen molar-refractivity contribution in [2.24, 2.45) is 5.92 Å². The van der Waals surface area contributed by atoms with Crippen molar-refractivity contribution in [1.29, 1.82) is 0 Å². The van der Waals surface area contributed by atoms with Crippen molar-refractivity contribution in [3.05, 3.63) is 69.7 Å². The molecule has 4 amide bonds. The smallest absolute Gasteiger partial charge is 0.325 e. The Hall–Kier alpha value is -2.57. The fourth-order valence-corrected chi connectivity index (χ4v) is 4.81. The molecule has 2 fully saturated rings. The van der Waals surface area contributed by atoms with Crippen molar-refractivity contribution >= 4 is 41.0 Å².